The van der Waals surface area contributed by atoms with Crippen molar-refractivity contribution >= 4 is 17.3 Å². The lowest BCUT2D eigenvalue weighted by atomic mass is 9.97. The average molecular weight is 485 g/mol. The summed E-state index contributed by atoms with van der Waals surface area (Å²) >= 11 is 0. The van der Waals surface area contributed by atoms with Gasteiger partial charge < -0.3 is 20.5 Å². The largest absolute Gasteiger partial charge is 0.504 e. The van der Waals surface area contributed by atoms with Crippen LogP contribution in [0.5, 0.6) is 11.5 Å². The number of halogens is 1. The number of nitrogens with two attached hydrogens (primary N) is 1. The summed E-state index contributed by atoms with van der Waals surface area (Å²) in [5.74, 6) is 0.458. The molecule has 2 unspecified atom stereocenters. The predicted octanol–water partition coefficient (Wildman–Crippen LogP) is 4.93. The summed E-state index contributed by atoms with van der Waals surface area (Å²) in [6.07, 6.45) is 7.49. The van der Waals surface area contributed by atoms with Crippen LogP contribution in [0.3, 0.4) is 0 Å². The fourth-order valence-corrected chi connectivity index (χ4v) is 5.76. The number of methoxy groups -OCH3 is 1. The van der Waals surface area contributed by atoms with Crippen LogP contribution in [0.1, 0.15) is 25.7 Å². The Kier molecular flexibility index (Phi) is 5.27. The second kappa shape index (κ2) is 8.50. The fourth-order valence-electron chi connectivity index (χ4n) is 5.76. The number of benzene rings is 2. The highest BCUT2D eigenvalue weighted by Gasteiger charge is 2.41. The molecule has 2 saturated heterocycles. The summed E-state index contributed by atoms with van der Waals surface area (Å²) in [4.78, 5) is 15.4. The molecule has 2 aromatic carbocycles. The summed E-state index contributed by atoms with van der Waals surface area (Å²) in [7, 11) is 1.49. The van der Waals surface area contributed by atoms with Crippen LogP contribution in [0.15, 0.2) is 48.8 Å². The van der Waals surface area contributed by atoms with E-state index in [-0.39, 0.29) is 29.6 Å². The van der Waals surface area contributed by atoms with E-state index in [4.69, 9.17) is 22.0 Å². The molecule has 0 radical (unpaired) electrons. The number of hydrogen-bond acceptors (Lipinski definition) is 6. The Bertz CT molecular complexity index is 1510. The number of imidazole rings is 1. The van der Waals surface area contributed by atoms with Crippen molar-refractivity contribution in [3.63, 3.8) is 0 Å². The van der Waals surface area contributed by atoms with Gasteiger partial charge in [0, 0.05) is 36.1 Å². The SMILES string of the molecule is [C-]#[N+]c1ccc(-c2nc(N3C4CCC3CC(N)C4)n3ccnc3c2-c2ccc(OC)c(O)c2)cc1F. The first-order chi connectivity index (χ1) is 17.5. The van der Waals surface area contributed by atoms with Crippen LogP contribution in [0, 0.1) is 12.4 Å². The third kappa shape index (κ3) is 3.45. The molecule has 3 N–H and O–H groups in total. The normalized spacial score (nSPS) is 21.1. The highest BCUT2D eigenvalue weighted by molar-refractivity contribution is 5.92. The molecule has 182 valence electrons. The zero-order valence-corrected chi connectivity index (χ0v) is 19.7. The lowest BCUT2D eigenvalue weighted by molar-refractivity contribution is 0.373. The van der Waals surface area contributed by atoms with E-state index in [1.165, 1.54) is 19.2 Å². The van der Waals surface area contributed by atoms with Crippen molar-refractivity contribution in [2.24, 2.45) is 5.73 Å². The molecule has 6 rings (SSSR count). The number of anilines is 1. The number of rotatable bonds is 4. The summed E-state index contributed by atoms with van der Waals surface area (Å²) in [5.41, 5.74) is 9.29. The molecule has 2 bridgehead atoms. The average Bonchev–Trinajstić information content (AvgIpc) is 3.46. The Labute approximate surface area is 207 Å². The first kappa shape index (κ1) is 22.3. The molecule has 0 spiro atoms. The molecule has 8 nitrogen and oxygen atoms in total. The molecule has 2 fully saturated rings. The van der Waals surface area contributed by atoms with Crippen LogP contribution in [0.2, 0.25) is 0 Å². The van der Waals surface area contributed by atoms with Crippen molar-refractivity contribution in [1.29, 1.82) is 0 Å². The first-order valence-corrected chi connectivity index (χ1v) is 11.9. The molecule has 2 aliphatic heterocycles. The molecule has 2 atom stereocenters. The molecule has 0 aliphatic carbocycles. The fraction of sp³-hybridized carbons (Fsp3) is 0.296. The number of ether oxygens (including phenoxy) is 1. The maximum atomic E-state index is 14.8. The number of fused-ring (bicyclic) bond motifs is 3. The van der Waals surface area contributed by atoms with Crippen molar-refractivity contribution in [2.45, 2.75) is 43.8 Å². The molecule has 2 aliphatic rings. The molecule has 2 aromatic heterocycles. The van der Waals surface area contributed by atoms with Crippen LogP contribution in [-0.4, -0.2) is 44.7 Å². The monoisotopic (exact) mass is 484 g/mol. The van der Waals surface area contributed by atoms with E-state index in [1.54, 1.807) is 24.4 Å². The van der Waals surface area contributed by atoms with Gasteiger partial charge in [-0.3, -0.25) is 4.40 Å². The van der Waals surface area contributed by atoms with E-state index < -0.39 is 5.82 Å². The smallest absolute Gasteiger partial charge is 0.222 e. The summed E-state index contributed by atoms with van der Waals surface area (Å²) in [6, 6.07) is 10.3. The van der Waals surface area contributed by atoms with Gasteiger partial charge in [-0.15, -0.1) is 0 Å². The lowest BCUT2D eigenvalue weighted by Crippen LogP contribution is -2.48. The zero-order valence-electron chi connectivity index (χ0n) is 19.7. The number of phenolic OH excluding ortho intramolecular Hbond substituents is 1. The molecule has 0 saturated carbocycles. The van der Waals surface area contributed by atoms with Gasteiger partial charge >= 0.3 is 0 Å². The number of hydrogen-bond donors (Lipinski definition) is 2. The predicted molar refractivity (Wildman–Crippen MR) is 135 cm³/mol. The Morgan fingerprint density at radius 2 is 1.89 bits per heavy atom. The van der Waals surface area contributed by atoms with Gasteiger partial charge in [0.15, 0.2) is 11.5 Å². The molecular weight excluding hydrogens is 459 g/mol. The second-order valence-electron chi connectivity index (χ2n) is 9.44. The number of aromatic nitrogens is 3. The zero-order chi connectivity index (χ0) is 25.0. The van der Waals surface area contributed by atoms with Crippen LogP contribution < -0.4 is 15.4 Å². The molecular formula is C27H25FN6O2. The Hall–Kier alpha value is -4.16. The van der Waals surface area contributed by atoms with Gasteiger partial charge in [0.25, 0.3) is 0 Å². The van der Waals surface area contributed by atoms with E-state index >= 15 is 0 Å². The minimum atomic E-state index is -0.610. The maximum absolute atomic E-state index is 14.8. The van der Waals surface area contributed by atoms with E-state index in [9.17, 15) is 9.50 Å². The van der Waals surface area contributed by atoms with Crippen LogP contribution in [0.25, 0.3) is 32.9 Å². The topological polar surface area (TPSA) is 93.3 Å². The van der Waals surface area contributed by atoms with Crippen LogP contribution in [0.4, 0.5) is 16.0 Å². The minimum Gasteiger partial charge on any atom is -0.504 e. The van der Waals surface area contributed by atoms with Gasteiger partial charge in [-0.2, -0.15) is 0 Å². The van der Waals surface area contributed by atoms with Gasteiger partial charge in [-0.05, 0) is 49.4 Å². The molecule has 4 heterocycles. The van der Waals surface area contributed by atoms with Crippen molar-refractivity contribution in [1.82, 2.24) is 14.4 Å². The Morgan fingerprint density at radius 3 is 2.56 bits per heavy atom. The van der Waals surface area contributed by atoms with E-state index in [0.29, 0.717) is 33.8 Å². The minimum absolute atomic E-state index is 0.0210. The Morgan fingerprint density at radius 1 is 1.14 bits per heavy atom. The quantitative estimate of drug-likeness (QED) is 0.399. The molecule has 0 amide bonds. The summed E-state index contributed by atoms with van der Waals surface area (Å²) < 4.78 is 22.0. The van der Waals surface area contributed by atoms with E-state index in [0.717, 1.165) is 31.6 Å². The highest BCUT2D eigenvalue weighted by Crippen LogP contribution is 2.43. The second-order valence-corrected chi connectivity index (χ2v) is 9.44. The summed E-state index contributed by atoms with van der Waals surface area (Å²) in [5, 5.41) is 10.5. The summed E-state index contributed by atoms with van der Waals surface area (Å²) in [6.45, 7) is 7.22. The lowest BCUT2D eigenvalue weighted by Gasteiger charge is -2.39. The van der Waals surface area contributed by atoms with Gasteiger partial charge in [0.1, 0.15) is 11.5 Å². The number of aromatic hydroxyl groups is 1. The number of piperidine rings is 1. The van der Waals surface area contributed by atoms with E-state index in [2.05, 4.69) is 14.7 Å². The third-order valence-corrected chi connectivity index (χ3v) is 7.34. The molecule has 4 aromatic rings. The van der Waals surface area contributed by atoms with Gasteiger partial charge in [0.2, 0.25) is 11.6 Å². The standard InChI is InChI=1S/C27H25FN6O2/c1-30-21-7-3-16(11-20(21)28)25-24(15-4-8-23(36-2)22(35)12-15)26-31-9-10-33(26)27(32-25)34-18-5-6-19(34)14-17(29)13-18/h3-4,7-12,17-19,35H,5-6,13-14,29H2,2H3. The van der Waals surface area contributed by atoms with Crippen LogP contribution >= 0.6 is 0 Å². The van der Waals surface area contributed by atoms with Gasteiger partial charge in [-0.25, -0.2) is 19.2 Å². The Balaban J connectivity index is 1.63. The number of nitrogens with zero attached hydrogens (tertiary/aromatic N) is 5. The van der Waals surface area contributed by atoms with E-state index in [1.807, 2.05) is 16.7 Å². The van der Waals surface area contributed by atoms with Crippen LogP contribution in [-0.2, 0) is 0 Å². The third-order valence-electron chi connectivity index (χ3n) is 7.34. The van der Waals surface area contributed by atoms with Gasteiger partial charge in [0.05, 0.1) is 24.9 Å². The highest BCUT2D eigenvalue weighted by atomic mass is 19.1. The molecule has 9 heteroatoms. The van der Waals surface area contributed by atoms with Crippen molar-refractivity contribution in [2.75, 3.05) is 12.0 Å². The van der Waals surface area contributed by atoms with Gasteiger partial charge in [-0.1, -0.05) is 18.2 Å². The van der Waals surface area contributed by atoms with Crippen molar-refractivity contribution in [3.05, 3.63) is 66.0 Å². The maximum Gasteiger partial charge on any atom is 0.222 e. The molecule has 36 heavy (non-hydrogen) atoms. The van der Waals surface area contributed by atoms with Crippen molar-refractivity contribution in [3.8, 4) is 33.9 Å². The van der Waals surface area contributed by atoms with Crippen molar-refractivity contribution < 1.29 is 14.2 Å². The first-order valence-electron chi connectivity index (χ1n) is 11.9. The number of phenols is 1.